The van der Waals surface area contributed by atoms with E-state index in [1.54, 1.807) is 0 Å². The summed E-state index contributed by atoms with van der Waals surface area (Å²) < 4.78 is 5.96. The predicted octanol–water partition coefficient (Wildman–Crippen LogP) is 3.56. The van der Waals surface area contributed by atoms with Crippen LogP contribution in [0, 0.1) is 11.8 Å². The molecule has 1 fully saturated rings. The van der Waals surface area contributed by atoms with Gasteiger partial charge in [0.1, 0.15) is 0 Å². The number of piperidine rings is 1. The molecule has 1 aliphatic rings. The van der Waals surface area contributed by atoms with Gasteiger partial charge < -0.3 is 9.64 Å². The predicted molar refractivity (Wildman–Crippen MR) is 74.3 cm³/mol. The maximum atomic E-state index is 5.96. The van der Waals surface area contributed by atoms with Crippen LogP contribution in [0.2, 0.25) is 0 Å². The van der Waals surface area contributed by atoms with Gasteiger partial charge in [0.05, 0.1) is 6.10 Å². The van der Waals surface area contributed by atoms with E-state index in [1.807, 2.05) is 0 Å². The quantitative estimate of drug-likeness (QED) is 0.632. The normalized spacial score (nSPS) is 19.4. The Morgan fingerprint density at radius 3 is 2.24 bits per heavy atom. The second-order valence-corrected chi connectivity index (χ2v) is 6.30. The van der Waals surface area contributed by atoms with Gasteiger partial charge in [-0.25, -0.2) is 0 Å². The molecule has 1 rings (SSSR count). The van der Waals surface area contributed by atoms with Gasteiger partial charge in [-0.05, 0) is 37.5 Å². The van der Waals surface area contributed by atoms with Gasteiger partial charge >= 0.3 is 0 Å². The van der Waals surface area contributed by atoms with Crippen molar-refractivity contribution in [3.8, 4) is 0 Å². The number of hydrogen-bond donors (Lipinski definition) is 0. The minimum absolute atomic E-state index is 0.533. The van der Waals surface area contributed by atoms with E-state index in [9.17, 15) is 0 Å². The lowest BCUT2D eigenvalue weighted by Crippen LogP contribution is -2.39. The molecular weight excluding hydrogens is 210 g/mol. The molecule has 0 spiro atoms. The first-order valence-corrected chi connectivity index (χ1v) is 7.42. The summed E-state index contributed by atoms with van der Waals surface area (Å²) in [6, 6.07) is 0. The van der Waals surface area contributed by atoms with Crippen LogP contribution in [0.4, 0.5) is 0 Å². The minimum Gasteiger partial charge on any atom is -0.378 e. The molecule has 0 aromatic carbocycles. The van der Waals surface area contributed by atoms with Crippen molar-refractivity contribution in [3.63, 3.8) is 0 Å². The fraction of sp³-hybridized carbons (Fsp3) is 1.00. The molecule has 0 unspecified atom stereocenters. The molecule has 17 heavy (non-hydrogen) atoms. The summed E-state index contributed by atoms with van der Waals surface area (Å²) in [6.45, 7) is 13.8. The molecule has 0 N–H and O–H groups in total. The maximum Gasteiger partial charge on any atom is 0.0599 e. The Kier molecular flexibility index (Phi) is 7.14. The Hall–Kier alpha value is -0.0800. The summed E-state index contributed by atoms with van der Waals surface area (Å²) in [4.78, 5) is 2.58. The third-order valence-corrected chi connectivity index (χ3v) is 3.44. The highest BCUT2D eigenvalue weighted by Gasteiger charge is 2.19. The van der Waals surface area contributed by atoms with E-state index in [0.717, 1.165) is 18.4 Å². The van der Waals surface area contributed by atoms with Crippen LogP contribution in [0.3, 0.4) is 0 Å². The van der Waals surface area contributed by atoms with Crippen molar-refractivity contribution in [2.45, 2.75) is 59.5 Å². The number of ether oxygens (including phenoxy) is 1. The lowest BCUT2D eigenvalue weighted by Gasteiger charge is -2.32. The van der Waals surface area contributed by atoms with Crippen molar-refractivity contribution in [3.05, 3.63) is 0 Å². The molecule has 0 aromatic heterocycles. The van der Waals surface area contributed by atoms with Gasteiger partial charge in [-0.2, -0.15) is 0 Å². The number of hydrogen-bond acceptors (Lipinski definition) is 2. The number of nitrogens with zero attached hydrogens (tertiary/aromatic N) is 1. The monoisotopic (exact) mass is 241 g/mol. The van der Waals surface area contributed by atoms with Crippen molar-refractivity contribution >= 4 is 0 Å². The topological polar surface area (TPSA) is 12.5 Å². The minimum atomic E-state index is 0.533. The lowest BCUT2D eigenvalue weighted by molar-refractivity contribution is 0.00322. The Labute approximate surface area is 108 Å². The van der Waals surface area contributed by atoms with Crippen LogP contribution in [0.1, 0.15) is 53.4 Å². The van der Waals surface area contributed by atoms with Gasteiger partial charge in [0.15, 0.2) is 0 Å². The molecule has 102 valence electrons. The van der Waals surface area contributed by atoms with Crippen LogP contribution in [0.25, 0.3) is 0 Å². The highest BCUT2D eigenvalue weighted by Crippen LogP contribution is 2.15. The SMILES string of the molecule is CC(C)CCCOC1CCN(CC(C)C)CC1. The molecule has 0 saturated carbocycles. The molecule has 0 radical (unpaired) electrons. The van der Waals surface area contributed by atoms with Crippen molar-refractivity contribution in [2.24, 2.45) is 11.8 Å². The molecule has 0 amide bonds. The fourth-order valence-corrected chi connectivity index (χ4v) is 2.52. The summed E-state index contributed by atoms with van der Waals surface area (Å²) in [5.41, 5.74) is 0. The van der Waals surface area contributed by atoms with Crippen molar-refractivity contribution in [2.75, 3.05) is 26.2 Å². The van der Waals surface area contributed by atoms with Crippen molar-refractivity contribution < 1.29 is 4.74 Å². The summed E-state index contributed by atoms with van der Waals surface area (Å²) in [5, 5.41) is 0. The third kappa shape index (κ3) is 7.05. The second-order valence-electron chi connectivity index (χ2n) is 6.30. The molecule has 2 heteroatoms. The van der Waals surface area contributed by atoms with Gasteiger partial charge in [-0.3, -0.25) is 0 Å². The molecule has 0 aromatic rings. The van der Waals surface area contributed by atoms with Crippen molar-refractivity contribution in [1.82, 2.24) is 4.90 Å². The van der Waals surface area contributed by atoms with Crippen LogP contribution in [0.15, 0.2) is 0 Å². The average molecular weight is 241 g/mol. The lowest BCUT2D eigenvalue weighted by atomic mass is 10.1. The van der Waals surface area contributed by atoms with Crippen LogP contribution < -0.4 is 0 Å². The smallest absolute Gasteiger partial charge is 0.0599 e. The summed E-state index contributed by atoms with van der Waals surface area (Å²) in [6.07, 6.45) is 5.52. The standard InChI is InChI=1S/C15H31NO/c1-13(2)6-5-11-17-15-7-9-16(10-8-15)12-14(3)4/h13-15H,5-12H2,1-4H3. The van der Waals surface area contributed by atoms with E-state index in [-0.39, 0.29) is 0 Å². The second kappa shape index (κ2) is 8.10. The molecule has 1 aliphatic heterocycles. The fourth-order valence-electron chi connectivity index (χ4n) is 2.52. The van der Waals surface area contributed by atoms with Crippen LogP contribution in [-0.2, 0) is 4.74 Å². The molecule has 1 heterocycles. The Morgan fingerprint density at radius 1 is 1.06 bits per heavy atom. The van der Waals surface area contributed by atoms with Gasteiger partial charge in [0.2, 0.25) is 0 Å². The zero-order chi connectivity index (χ0) is 12.7. The van der Waals surface area contributed by atoms with E-state index in [1.165, 1.54) is 45.3 Å². The summed E-state index contributed by atoms with van der Waals surface area (Å²) >= 11 is 0. The Balaban J connectivity index is 2.03. The molecule has 2 nitrogen and oxygen atoms in total. The van der Waals surface area contributed by atoms with Gasteiger partial charge in [-0.15, -0.1) is 0 Å². The van der Waals surface area contributed by atoms with E-state index >= 15 is 0 Å². The molecule has 0 aliphatic carbocycles. The van der Waals surface area contributed by atoms with Crippen LogP contribution in [-0.4, -0.2) is 37.2 Å². The Bertz CT molecular complexity index is 181. The zero-order valence-corrected chi connectivity index (χ0v) is 12.2. The first-order chi connectivity index (χ1) is 8.08. The Morgan fingerprint density at radius 2 is 1.71 bits per heavy atom. The first-order valence-electron chi connectivity index (χ1n) is 7.42. The van der Waals surface area contributed by atoms with Crippen LogP contribution in [0.5, 0.6) is 0 Å². The molecule has 0 bridgehead atoms. The summed E-state index contributed by atoms with van der Waals surface area (Å²) in [7, 11) is 0. The maximum absolute atomic E-state index is 5.96. The van der Waals surface area contributed by atoms with E-state index in [2.05, 4.69) is 32.6 Å². The van der Waals surface area contributed by atoms with E-state index in [4.69, 9.17) is 4.74 Å². The highest BCUT2D eigenvalue weighted by molar-refractivity contribution is 4.73. The molecular formula is C15H31NO. The first kappa shape index (κ1) is 15.0. The zero-order valence-electron chi connectivity index (χ0n) is 12.2. The van der Waals surface area contributed by atoms with Crippen molar-refractivity contribution in [1.29, 1.82) is 0 Å². The molecule has 0 atom stereocenters. The van der Waals surface area contributed by atoms with Crippen LogP contribution >= 0.6 is 0 Å². The third-order valence-electron chi connectivity index (χ3n) is 3.44. The largest absolute Gasteiger partial charge is 0.378 e. The number of rotatable bonds is 7. The van der Waals surface area contributed by atoms with E-state index in [0.29, 0.717) is 6.10 Å². The number of likely N-dealkylation sites (tertiary alicyclic amines) is 1. The summed E-state index contributed by atoms with van der Waals surface area (Å²) in [5.74, 6) is 1.60. The molecule has 1 saturated heterocycles. The average Bonchev–Trinajstić information content (AvgIpc) is 2.25. The van der Waals surface area contributed by atoms with Gasteiger partial charge in [0, 0.05) is 26.2 Å². The van der Waals surface area contributed by atoms with Gasteiger partial charge in [-0.1, -0.05) is 27.7 Å². The highest BCUT2D eigenvalue weighted by atomic mass is 16.5. The van der Waals surface area contributed by atoms with E-state index < -0.39 is 0 Å². The van der Waals surface area contributed by atoms with Gasteiger partial charge in [0.25, 0.3) is 0 Å².